The van der Waals surface area contributed by atoms with Gasteiger partial charge in [0, 0.05) is 12.0 Å². The number of carboxylic acids is 1. The summed E-state index contributed by atoms with van der Waals surface area (Å²) in [4.78, 5) is 10.6. The summed E-state index contributed by atoms with van der Waals surface area (Å²) in [6.45, 7) is 6.82. The van der Waals surface area contributed by atoms with Crippen LogP contribution in [-0.2, 0) is 15.7 Å². The van der Waals surface area contributed by atoms with E-state index in [1.54, 1.807) is 0 Å². The molecule has 1 heterocycles. The number of carboxylic acid groups (broad SMARTS) is 1. The first-order valence-electron chi connectivity index (χ1n) is 6.16. The third-order valence-corrected chi connectivity index (χ3v) is 3.64. The number of nitrogens with zero attached hydrogens (tertiary/aromatic N) is 1. The van der Waals surface area contributed by atoms with E-state index in [-0.39, 0.29) is 15.6 Å². The van der Waals surface area contributed by atoms with Gasteiger partial charge in [-0.1, -0.05) is 31.4 Å². The van der Waals surface area contributed by atoms with Crippen molar-refractivity contribution < 1.29 is 27.1 Å². The van der Waals surface area contributed by atoms with Crippen LogP contribution in [0.4, 0.5) is 8.78 Å². The Morgan fingerprint density at radius 2 is 1.91 bits per heavy atom. The minimum atomic E-state index is -3.84. The van der Waals surface area contributed by atoms with Crippen molar-refractivity contribution in [1.82, 2.24) is 4.31 Å². The van der Waals surface area contributed by atoms with Crippen LogP contribution in [0.3, 0.4) is 0 Å². The molecule has 0 radical (unpaired) electrons. The van der Waals surface area contributed by atoms with Crippen LogP contribution in [0.25, 0.3) is 0 Å². The Bertz CT molecular complexity index is 652. The minimum Gasteiger partial charge on any atom is -0.481 e. The van der Waals surface area contributed by atoms with E-state index in [1.165, 1.54) is 18.2 Å². The van der Waals surface area contributed by atoms with Crippen molar-refractivity contribution in [3.8, 4) is 0 Å². The Balaban J connectivity index is 3.51. The van der Waals surface area contributed by atoms with E-state index in [0.29, 0.717) is 0 Å². The summed E-state index contributed by atoms with van der Waals surface area (Å²) in [5.74, 6) is -1.25. The Morgan fingerprint density at radius 3 is 2.36 bits per heavy atom. The minimum absolute atomic E-state index is 0.0590. The van der Waals surface area contributed by atoms with Gasteiger partial charge in [0.25, 0.3) is 0 Å². The van der Waals surface area contributed by atoms with Crippen LogP contribution >= 0.6 is 0 Å². The summed E-state index contributed by atoms with van der Waals surface area (Å²) in [6.07, 6.45) is 5.07. The highest BCUT2D eigenvalue weighted by molar-refractivity contribution is 7.70. The summed E-state index contributed by atoms with van der Waals surface area (Å²) in [5, 5.41) is 8.63. The van der Waals surface area contributed by atoms with Gasteiger partial charge in [-0.2, -0.15) is 8.78 Å². The second kappa shape index (κ2) is 7.17. The molecule has 0 aromatic rings. The van der Waals surface area contributed by atoms with Crippen LogP contribution < -0.4 is 0 Å². The SMILES string of the molecule is C=C/C=C1/C=C(CCC(=O)O)C(F)(F)N([SH](=O)=O)/C1=C/C=C. The Kier molecular flexibility index (Phi) is 5.81. The average Bonchev–Trinajstić information content (AvgIpc) is 2.39. The molecule has 0 aromatic carbocycles. The van der Waals surface area contributed by atoms with Gasteiger partial charge in [-0.15, -0.1) is 0 Å². The molecule has 1 aliphatic heterocycles. The molecule has 0 fully saturated rings. The van der Waals surface area contributed by atoms with E-state index in [4.69, 9.17) is 5.11 Å². The van der Waals surface area contributed by atoms with Gasteiger partial charge in [0.15, 0.2) is 0 Å². The summed E-state index contributed by atoms with van der Waals surface area (Å²) in [6, 6.07) is -3.84. The quantitative estimate of drug-likeness (QED) is 0.579. The highest BCUT2D eigenvalue weighted by Gasteiger charge is 2.47. The van der Waals surface area contributed by atoms with Gasteiger partial charge in [-0.05, 0) is 24.1 Å². The molecule has 0 spiro atoms. The summed E-state index contributed by atoms with van der Waals surface area (Å²) in [7, 11) is -3.64. The van der Waals surface area contributed by atoms with E-state index < -0.39 is 41.3 Å². The number of hydrogen-bond acceptors (Lipinski definition) is 3. The number of allylic oxidation sites excluding steroid dienone is 5. The molecule has 0 saturated heterocycles. The molecule has 0 aliphatic carbocycles. The van der Waals surface area contributed by atoms with Crippen molar-refractivity contribution in [1.29, 1.82) is 0 Å². The molecule has 0 aromatic heterocycles. The zero-order valence-electron chi connectivity index (χ0n) is 11.5. The molecule has 0 bridgehead atoms. The van der Waals surface area contributed by atoms with Crippen LogP contribution in [0.15, 0.2) is 60.4 Å². The van der Waals surface area contributed by atoms with Crippen LogP contribution in [0.1, 0.15) is 12.8 Å². The highest BCUT2D eigenvalue weighted by atomic mass is 32.2. The lowest BCUT2D eigenvalue weighted by molar-refractivity contribution is -0.137. The molecule has 1 aliphatic rings. The fourth-order valence-corrected chi connectivity index (χ4v) is 2.64. The lowest BCUT2D eigenvalue weighted by Gasteiger charge is -2.35. The summed E-state index contributed by atoms with van der Waals surface area (Å²) < 4.78 is 51.3. The molecule has 0 saturated carbocycles. The first-order chi connectivity index (χ1) is 10.3. The molecule has 0 atom stereocenters. The van der Waals surface area contributed by atoms with Crippen molar-refractivity contribution in [2.45, 2.75) is 18.9 Å². The predicted octanol–water partition coefficient (Wildman–Crippen LogP) is 2.39. The molecule has 8 heteroatoms. The molecular weight excluding hydrogens is 316 g/mol. The Labute approximate surface area is 128 Å². The molecule has 1 N–H and O–H groups in total. The largest absolute Gasteiger partial charge is 0.481 e. The first-order valence-corrected chi connectivity index (χ1v) is 7.29. The van der Waals surface area contributed by atoms with Crippen molar-refractivity contribution >= 4 is 16.9 Å². The summed E-state index contributed by atoms with van der Waals surface area (Å²) in [5.41, 5.74) is -0.668. The number of carbonyl (C=O) groups is 1. The van der Waals surface area contributed by atoms with Gasteiger partial charge in [0.05, 0.1) is 5.70 Å². The van der Waals surface area contributed by atoms with Gasteiger partial charge < -0.3 is 5.11 Å². The van der Waals surface area contributed by atoms with Crippen molar-refractivity contribution in [2.24, 2.45) is 0 Å². The predicted molar refractivity (Wildman–Crippen MR) is 78.6 cm³/mol. The van der Waals surface area contributed by atoms with Gasteiger partial charge in [-0.25, -0.2) is 12.7 Å². The second-order valence-electron chi connectivity index (χ2n) is 4.30. The number of hydrogen-bond donors (Lipinski definition) is 2. The summed E-state index contributed by atoms with van der Waals surface area (Å²) >= 11 is 0. The normalized spacial score (nSPS) is 21.0. The van der Waals surface area contributed by atoms with Crippen LogP contribution in [-0.4, -0.2) is 29.8 Å². The van der Waals surface area contributed by atoms with E-state index in [1.807, 2.05) is 0 Å². The Hall–Kier alpha value is -2.22. The standard InChI is InChI=1S/C14H15F2NO4S/c1-3-5-10-9-11(7-8-13(18)19)14(15,16)17(22(20)21)12(10)6-4-2/h3-6,9,22H,1-2,7-8H2,(H,18,19)/b10-5-,12-6+. The van der Waals surface area contributed by atoms with E-state index in [2.05, 4.69) is 13.2 Å². The topological polar surface area (TPSA) is 74.7 Å². The van der Waals surface area contributed by atoms with Gasteiger partial charge >= 0.3 is 12.0 Å². The van der Waals surface area contributed by atoms with Crippen LogP contribution in [0.2, 0.25) is 0 Å². The molecule has 1 rings (SSSR count). The van der Waals surface area contributed by atoms with Gasteiger partial charge in [-0.3, -0.25) is 4.79 Å². The van der Waals surface area contributed by atoms with E-state index in [0.717, 1.165) is 12.2 Å². The molecule has 0 amide bonds. The maximum atomic E-state index is 14.4. The van der Waals surface area contributed by atoms with Crippen molar-refractivity contribution in [3.63, 3.8) is 0 Å². The second-order valence-corrected chi connectivity index (χ2v) is 5.18. The maximum Gasteiger partial charge on any atom is 0.361 e. The van der Waals surface area contributed by atoms with E-state index >= 15 is 0 Å². The fourth-order valence-electron chi connectivity index (χ4n) is 1.95. The molecular formula is C14H15F2NO4S. The molecule has 22 heavy (non-hydrogen) atoms. The monoisotopic (exact) mass is 331 g/mol. The molecule has 0 unspecified atom stereocenters. The van der Waals surface area contributed by atoms with E-state index in [9.17, 15) is 22.0 Å². The number of rotatable bonds is 6. The lowest BCUT2D eigenvalue weighted by atomic mass is 9.97. The maximum absolute atomic E-state index is 14.4. The van der Waals surface area contributed by atoms with Crippen molar-refractivity contribution in [3.05, 3.63) is 60.4 Å². The molecule has 120 valence electrons. The highest BCUT2D eigenvalue weighted by Crippen LogP contribution is 2.42. The number of aliphatic carboxylic acids is 1. The third kappa shape index (κ3) is 3.70. The van der Waals surface area contributed by atoms with Crippen molar-refractivity contribution in [2.75, 3.05) is 0 Å². The smallest absolute Gasteiger partial charge is 0.361 e. The first kappa shape index (κ1) is 17.8. The van der Waals surface area contributed by atoms with Gasteiger partial charge in [0.2, 0.25) is 10.9 Å². The zero-order chi connectivity index (χ0) is 16.9. The Morgan fingerprint density at radius 1 is 1.32 bits per heavy atom. The fraction of sp³-hybridized carbons (Fsp3) is 0.214. The number of thiol groups is 1. The van der Waals surface area contributed by atoms with Gasteiger partial charge in [0.1, 0.15) is 0 Å². The average molecular weight is 331 g/mol. The zero-order valence-corrected chi connectivity index (χ0v) is 12.4. The number of halogens is 2. The molecule has 5 nitrogen and oxygen atoms in total. The van der Waals surface area contributed by atoms with Crippen LogP contribution in [0, 0.1) is 0 Å². The lowest BCUT2D eigenvalue weighted by Crippen LogP contribution is -2.44. The number of alkyl halides is 2. The van der Waals surface area contributed by atoms with Crippen LogP contribution in [0.5, 0.6) is 0 Å². The third-order valence-electron chi connectivity index (χ3n) is 2.85.